The van der Waals surface area contributed by atoms with Crippen molar-refractivity contribution >= 4 is 33.9 Å². The molecule has 0 fully saturated rings. The van der Waals surface area contributed by atoms with Crippen molar-refractivity contribution in [1.82, 2.24) is 24.1 Å². The zero-order valence-corrected chi connectivity index (χ0v) is 18.5. The van der Waals surface area contributed by atoms with Crippen molar-refractivity contribution in [2.45, 2.75) is 65.5 Å². The first-order valence-electron chi connectivity index (χ1n) is 10.7. The predicted molar refractivity (Wildman–Crippen MR) is 121 cm³/mol. The van der Waals surface area contributed by atoms with E-state index in [2.05, 4.69) is 15.0 Å². The quantitative estimate of drug-likeness (QED) is 0.308. The molecule has 0 aliphatic carbocycles. The first-order chi connectivity index (χ1) is 15.0. The van der Waals surface area contributed by atoms with E-state index in [-0.39, 0.29) is 22.0 Å². The molecule has 4 rings (SSSR count). The topological polar surface area (TPSA) is 98.7 Å². The van der Waals surface area contributed by atoms with Crippen LogP contribution in [0, 0.1) is 6.92 Å². The largest absolute Gasteiger partial charge is 0.441 e. The van der Waals surface area contributed by atoms with Gasteiger partial charge in [0.25, 0.3) is 5.56 Å². The van der Waals surface area contributed by atoms with E-state index < -0.39 is 0 Å². The number of aryl methyl sites for hydroxylation is 3. The van der Waals surface area contributed by atoms with E-state index in [0.717, 1.165) is 48.8 Å². The van der Waals surface area contributed by atoms with Crippen LogP contribution in [0.5, 0.6) is 0 Å². The number of aromatic nitrogens is 5. The van der Waals surface area contributed by atoms with Gasteiger partial charge in [-0.25, -0.2) is 9.78 Å². The zero-order valence-electron chi connectivity index (χ0n) is 17.8. The highest BCUT2D eigenvalue weighted by atomic mass is 35.5. The van der Waals surface area contributed by atoms with Crippen LogP contribution in [0.15, 0.2) is 32.2 Å². The molecule has 8 nitrogen and oxygen atoms in total. The number of aromatic amines is 1. The lowest BCUT2D eigenvalue weighted by atomic mass is 10.2. The number of imidazole rings is 1. The lowest BCUT2D eigenvalue weighted by molar-refractivity contribution is 0.489. The molecular weight excluding hydrogens is 418 g/mol. The Kier molecular flexibility index (Phi) is 6.27. The fourth-order valence-corrected chi connectivity index (χ4v) is 3.94. The highest BCUT2D eigenvalue weighted by Crippen LogP contribution is 2.18. The lowest BCUT2D eigenvalue weighted by Crippen LogP contribution is -2.40. The summed E-state index contributed by atoms with van der Waals surface area (Å²) in [5.74, 6) is 0.716. The van der Waals surface area contributed by atoms with Gasteiger partial charge in [0, 0.05) is 19.5 Å². The van der Waals surface area contributed by atoms with E-state index in [1.807, 2.05) is 32.0 Å². The average Bonchev–Trinajstić information content (AvgIpc) is 3.32. The van der Waals surface area contributed by atoms with Gasteiger partial charge in [0.2, 0.25) is 5.28 Å². The van der Waals surface area contributed by atoms with E-state index >= 15 is 0 Å². The highest BCUT2D eigenvalue weighted by molar-refractivity contribution is 6.28. The molecule has 31 heavy (non-hydrogen) atoms. The Balaban J connectivity index is 1.43. The molecule has 1 N–H and O–H groups in total. The summed E-state index contributed by atoms with van der Waals surface area (Å²) in [6.45, 7) is 4.93. The Morgan fingerprint density at radius 3 is 2.68 bits per heavy atom. The van der Waals surface area contributed by atoms with E-state index in [1.54, 1.807) is 4.57 Å². The number of nitrogens with one attached hydrogen (secondary N) is 1. The fraction of sp³-hybridized carbons (Fsp3) is 0.455. The van der Waals surface area contributed by atoms with Crippen LogP contribution in [-0.2, 0) is 19.5 Å². The Hall–Kier alpha value is -2.87. The molecule has 0 bridgehead atoms. The van der Waals surface area contributed by atoms with Crippen LogP contribution in [-0.4, -0.2) is 24.1 Å². The molecule has 0 aliphatic heterocycles. The molecule has 0 aliphatic rings. The van der Waals surface area contributed by atoms with Gasteiger partial charge in [-0.1, -0.05) is 25.8 Å². The summed E-state index contributed by atoms with van der Waals surface area (Å²) in [4.78, 5) is 37.2. The van der Waals surface area contributed by atoms with Crippen molar-refractivity contribution in [3.05, 3.63) is 55.8 Å². The average molecular weight is 444 g/mol. The summed E-state index contributed by atoms with van der Waals surface area (Å²) < 4.78 is 8.64. The second-order valence-corrected chi connectivity index (χ2v) is 8.22. The summed E-state index contributed by atoms with van der Waals surface area (Å²) in [5.41, 5.74) is 2.72. The molecule has 0 atom stereocenters. The molecular formula is C22H26ClN5O3. The van der Waals surface area contributed by atoms with Crippen LogP contribution in [0.4, 0.5) is 0 Å². The van der Waals surface area contributed by atoms with Crippen molar-refractivity contribution in [2.75, 3.05) is 0 Å². The molecule has 3 heterocycles. The minimum atomic E-state index is -0.374. The third-order valence-corrected chi connectivity index (χ3v) is 5.61. The number of oxazole rings is 1. The second-order valence-electron chi connectivity index (χ2n) is 7.86. The van der Waals surface area contributed by atoms with Gasteiger partial charge in [-0.05, 0) is 55.5 Å². The van der Waals surface area contributed by atoms with E-state index in [9.17, 15) is 9.59 Å². The maximum atomic E-state index is 12.9. The van der Waals surface area contributed by atoms with Gasteiger partial charge in [-0.3, -0.25) is 13.9 Å². The third kappa shape index (κ3) is 4.44. The van der Waals surface area contributed by atoms with Crippen molar-refractivity contribution < 1.29 is 4.42 Å². The minimum absolute atomic E-state index is 0.114. The smallest absolute Gasteiger partial charge is 0.332 e. The molecule has 0 saturated carbocycles. The van der Waals surface area contributed by atoms with Crippen LogP contribution in [0.25, 0.3) is 22.3 Å². The SMILES string of the molecule is CCCCn1c(=O)n(CCCCCc2nc3ccc(C)cc3o2)c(=O)c2[nH]c(Cl)nc21. The number of nitrogens with zero attached hydrogens (tertiary/aromatic N) is 4. The molecule has 0 unspecified atom stereocenters. The van der Waals surface area contributed by atoms with Crippen molar-refractivity contribution in [1.29, 1.82) is 0 Å². The molecule has 4 aromatic rings. The summed E-state index contributed by atoms with van der Waals surface area (Å²) >= 11 is 5.96. The van der Waals surface area contributed by atoms with Gasteiger partial charge in [0.05, 0.1) is 0 Å². The first-order valence-corrected chi connectivity index (χ1v) is 11.1. The third-order valence-electron chi connectivity index (χ3n) is 5.43. The minimum Gasteiger partial charge on any atom is -0.441 e. The van der Waals surface area contributed by atoms with Gasteiger partial charge >= 0.3 is 5.69 Å². The molecule has 0 spiro atoms. The molecule has 0 saturated heterocycles. The van der Waals surface area contributed by atoms with Crippen LogP contribution >= 0.6 is 11.6 Å². The lowest BCUT2D eigenvalue weighted by Gasteiger charge is -2.10. The molecule has 3 aromatic heterocycles. The number of H-pyrrole nitrogens is 1. The van der Waals surface area contributed by atoms with Crippen LogP contribution in [0.1, 0.15) is 50.5 Å². The van der Waals surface area contributed by atoms with Gasteiger partial charge in [-0.15, -0.1) is 0 Å². The van der Waals surface area contributed by atoms with Crippen LogP contribution in [0.3, 0.4) is 0 Å². The Morgan fingerprint density at radius 1 is 1.06 bits per heavy atom. The maximum absolute atomic E-state index is 12.9. The molecule has 0 radical (unpaired) electrons. The summed E-state index contributed by atoms with van der Waals surface area (Å²) in [6, 6.07) is 5.97. The number of halogens is 1. The maximum Gasteiger partial charge on any atom is 0.332 e. The van der Waals surface area contributed by atoms with Gasteiger partial charge in [-0.2, -0.15) is 4.98 Å². The van der Waals surface area contributed by atoms with Crippen molar-refractivity contribution in [3.8, 4) is 0 Å². The zero-order chi connectivity index (χ0) is 22.0. The Labute approximate surface area is 183 Å². The van der Waals surface area contributed by atoms with Crippen molar-refractivity contribution in [3.63, 3.8) is 0 Å². The molecule has 0 amide bonds. The number of benzene rings is 1. The number of hydrogen-bond acceptors (Lipinski definition) is 5. The van der Waals surface area contributed by atoms with Gasteiger partial charge < -0.3 is 9.40 Å². The van der Waals surface area contributed by atoms with E-state index in [4.69, 9.17) is 16.0 Å². The van der Waals surface area contributed by atoms with E-state index in [0.29, 0.717) is 31.0 Å². The highest BCUT2D eigenvalue weighted by Gasteiger charge is 2.16. The number of rotatable bonds is 9. The monoisotopic (exact) mass is 443 g/mol. The number of unbranched alkanes of at least 4 members (excludes halogenated alkanes) is 3. The molecule has 1 aromatic carbocycles. The number of fused-ring (bicyclic) bond motifs is 2. The normalized spacial score (nSPS) is 11.7. The summed E-state index contributed by atoms with van der Waals surface area (Å²) in [5, 5.41) is 0.114. The van der Waals surface area contributed by atoms with Crippen molar-refractivity contribution in [2.24, 2.45) is 0 Å². The second kappa shape index (κ2) is 9.09. The molecule has 164 valence electrons. The summed E-state index contributed by atoms with van der Waals surface area (Å²) in [6.07, 6.45) is 4.89. The number of hydrogen-bond donors (Lipinski definition) is 1. The fourth-order valence-electron chi connectivity index (χ4n) is 3.76. The predicted octanol–water partition coefficient (Wildman–Crippen LogP) is 4.20. The van der Waals surface area contributed by atoms with Gasteiger partial charge in [0.1, 0.15) is 5.52 Å². The van der Waals surface area contributed by atoms with E-state index in [1.165, 1.54) is 4.57 Å². The first kappa shape index (κ1) is 21.4. The Bertz CT molecular complexity index is 1330. The Morgan fingerprint density at radius 2 is 1.87 bits per heavy atom. The summed E-state index contributed by atoms with van der Waals surface area (Å²) in [7, 11) is 0. The van der Waals surface area contributed by atoms with Crippen LogP contribution < -0.4 is 11.2 Å². The van der Waals surface area contributed by atoms with Gasteiger partial charge in [0.15, 0.2) is 22.6 Å². The standard InChI is InChI=1S/C22H26ClN5O3/c1-3-4-11-27-19-18(25-21(23)26-19)20(29)28(22(27)30)12-7-5-6-8-17-24-15-10-9-14(2)13-16(15)31-17/h9-10,13H,3-8,11-12H2,1-2H3,(H,25,26). The van der Waals surface area contributed by atoms with Crippen LogP contribution in [0.2, 0.25) is 5.28 Å². The molecule has 9 heteroatoms.